The van der Waals surface area contributed by atoms with E-state index in [1.54, 1.807) is 0 Å². The highest BCUT2D eigenvalue weighted by Crippen LogP contribution is 2.29. The van der Waals surface area contributed by atoms with Crippen molar-refractivity contribution in [2.24, 2.45) is 0 Å². The Labute approximate surface area is 167 Å². The van der Waals surface area contributed by atoms with Crippen LogP contribution in [0.15, 0.2) is 24.3 Å². The number of hydrogen-bond acceptors (Lipinski definition) is 4. The van der Waals surface area contributed by atoms with Crippen LogP contribution >= 0.6 is 12.4 Å². The van der Waals surface area contributed by atoms with Crippen molar-refractivity contribution in [2.45, 2.75) is 50.5 Å². The van der Waals surface area contributed by atoms with E-state index in [-0.39, 0.29) is 30.4 Å². The number of ether oxygens (including phenoxy) is 1. The monoisotopic (exact) mass is 395 g/mol. The van der Waals surface area contributed by atoms with Crippen molar-refractivity contribution in [3.63, 3.8) is 0 Å². The summed E-state index contributed by atoms with van der Waals surface area (Å²) in [5.74, 6) is 0.447. The molecule has 2 heterocycles. The molecule has 2 saturated heterocycles. The van der Waals surface area contributed by atoms with Gasteiger partial charge in [0.2, 0.25) is 0 Å². The van der Waals surface area contributed by atoms with E-state index < -0.39 is 0 Å². The topological polar surface area (TPSA) is 70.7 Å². The van der Waals surface area contributed by atoms with Crippen LogP contribution in [-0.2, 0) is 9.53 Å². The lowest BCUT2D eigenvalue weighted by Gasteiger charge is -2.25. The summed E-state index contributed by atoms with van der Waals surface area (Å²) < 4.78 is 4.67. The average molecular weight is 396 g/mol. The molecule has 2 aliphatic heterocycles. The summed E-state index contributed by atoms with van der Waals surface area (Å²) in [5, 5.41) is 6.34. The van der Waals surface area contributed by atoms with Gasteiger partial charge in [0, 0.05) is 18.7 Å². The maximum atomic E-state index is 12.3. The molecule has 6 nitrogen and oxygen atoms in total. The van der Waals surface area contributed by atoms with Crippen molar-refractivity contribution >= 4 is 30.1 Å². The molecule has 1 aromatic rings. The first-order valence-corrected chi connectivity index (χ1v) is 9.63. The molecule has 2 fully saturated rings. The van der Waals surface area contributed by atoms with Crippen LogP contribution in [0.25, 0.3) is 0 Å². The van der Waals surface area contributed by atoms with Crippen molar-refractivity contribution in [2.75, 3.05) is 31.6 Å². The lowest BCUT2D eigenvalue weighted by Crippen LogP contribution is -2.34. The van der Waals surface area contributed by atoms with E-state index >= 15 is 0 Å². The van der Waals surface area contributed by atoms with Crippen molar-refractivity contribution in [1.29, 1.82) is 0 Å². The number of nitrogens with zero attached hydrogens (tertiary/aromatic N) is 1. The average Bonchev–Trinajstić information content (AvgIpc) is 3.06. The van der Waals surface area contributed by atoms with Crippen LogP contribution < -0.4 is 15.5 Å². The van der Waals surface area contributed by atoms with E-state index in [1.165, 1.54) is 25.5 Å². The molecule has 0 saturated carbocycles. The number of hydrogen-bond donors (Lipinski definition) is 2. The Morgan fingerprint density at radius 1 is 1.19 bits per heavy atom. The molecule has 2 N–H and O–H groups in total. The molecule has 150 valence electrons. The molecule has 27 heavy (non-hydrogen) atoms. The molecule has 0 spiro atoms. The van der Waals surface area contributed by atoms with Gasteiger partial charge in [0.1, 0.15) is 0 Å². The molecule has 1 aromatic carbocycles. The molecule has 7 heteroatoms. The first-order chi connectivity index (χ1) is 12.7. The first kappa shape index (κ1) is 21.5. The van der Waals surface area contributed by atoms with Gasteiger partial charge in [0.25, 0.3) is 0 Å². The zero-order valence-electron chi connectivity index (χ0n) is 15.9. The number of esters is 1. The number of anilines is 1. The SMILES string of the molecule is COC(=O)CCCCC1CNC(=O)N1c1ccc(C2CCNCC2)cc1.Cl. The summed E-state index contributed by atoms with van der Waals surface area (Å²) in [7, 11) is 1.41. The number of halogens is 1. The largest absolute Gasteiger partial charge is 0.469 e. The highest BCUT2D eigenvalue weighted by molar-refractivity contribution is 5.94. The van der Waals surface area contributed by atoms with Crippen molar-refractivity contribution in [3.8, 4) is 0 Å². The summed E-state index contributed by atoms with van der Waals surface area (Å²) in [4.78, 5) is 25.4. The number of nitrogens with one attached hydrogen (secondary N) is 2. The first-order valence-electron chi connectivity index (χ1n) is 9.63. The lowest BCUT2D eigenvalue weighted by atomic mass is 9.90. The fourth-order valence-corrected chi connectivity index (χ4v) is 3.92. The van der Waals surface area contributed by atoms with Crippen LogP contribution in [0.1, 0.15) is 50.0 Å². The fraction of sp³-hybridized carbons (Fsp3) is 0.600. The molecule has 1 atom stereocenters. The number of benzene rings is 1. The molecule has 0 bridgehead atoms. The number of urea groups is 1. The van der Waals surface area contributed by atoms with Crippen LogP contribution in [0.3, 0.4) is 0 Å². The maximum absolute atomic E-state index is 12.3. The molecule has 0 aliphatic carbocycles. The van der Waals surface area contributed by atoms with Crippen LogP contribution in [0.4, 0.5) is 10.5 Å². The second-order valence-corrected chi connectivity index (χ2v) is 7.15. The highest BCUT2D eigenvalue weighted by atomic mass is 35.5. The van der Waals surface area contributed by atoms with Gasteiger partial charge >= 0.3 is 12.0 Å². The van der Waals surface area contributed by atoms with Crippen molar-refractivity contribution in [3.05, 3.63) is 29.8 Å². The molecule has 2 aliphatic rings. The Morgan fingerprint density at radius 3 is 2.56 bits per heavy atom. The molecule has 3 rings (SSSR count). The standard InChI is InChI=1S/C20H29N3O3.ClH/c1-26-19(24)5-3-2-4-18-14-22-20(25)23(18)17-8-6-15(7-9-17)16-10-12-21-13-11-16;/h6-9,16,18,21H,2-5,10-14H2,1H3,(H,22,25);1H. The van der Waals surface area contributed by atoms with E-state index in [1.807, 2.05) is 4.90 Å². The Bertz CT molecular complexity index is 617. The summed E-state index contributed by atoms with van der Waals surface area (Å²) in [5.41, 5.74) is 2.32. The van der Waals surface area contributed by atoms with E-state index in [2.05, 4.69) is 39.6 Å². The normalized spacial score (nSPS) is 20.1. The van der Waals surface area contributed by atoms with E-state index in [0.717, 1.165) is 38.0 Å². The number of piperidine rings is 1. The van der Waals surface area contributed by atoms with Crippen LogP contribution in [0, 0.1) is 0 Å². The number of unbranched alkanes of at least 4 members (excludes halogenated alkanes) is 1. The highest BCUT2D eigenvalue weighted by Gasteiger charge is 2.31. The molecular weight excluding hydrogens is 366 g/mol. The summed E-state index contributed by atoms with van der Waals surface area (Å²) >= 11 is 0. The van der Waals surface area contributed by atoms with Gasteiger partial charge in [-0.05, 0) is 62.4 Å². The quantitative estimate of drug-likeness (QED) is 0.549. The minimum atomic E-state index is -0.170. The summed E-state index contributed by atoms with van der Waals surface area (Å²) in [6, 6.07) is 8.60. The van der Waals surface area contributed by atoms with Gasteiger partial charge in [-0.2, -0.15) is 0 Å². The van der Waals surface area contributed by atoms with Gasteiger partial charge in [-0.25, -0.2) is 4.79 Å². The smallest absolute Gasteiger partial charge is 0.322 e. The van der Waals surface area contributed by atoms with Gasteiger partial charge in [0.15, 0.2) is 0 Å². The number of amides is 2. The molecular formula is C20H30ClN3O3. The van der Waals surface area contributed by atoms with Crippen LogP contribution in [0.5, 0.6) is 0 Å². The second kappa shape index (κ2) is 10.5. The molecule has 0 aromatic heterocycles. The zero-order chi connectivity index (χ0) is 18.4. The maximum Gasteiger partial charge on any atom is 0.322 e. The van der Waals surface area contributed by atoms with Gasteiger partial charge in [-0.3, -0.25) is 9.69 Å². The van der Waals surface area contributed by atoms with E-state index in [9.17, 15) is 9.59 Å². The predicted octanol–water partition coefficient (Wildman–Crippen LogP) is 3.21. The number of rotatable bonds is 7. The third kappa shape index (κ3) is 5.59. The molecule has 2 amide bonds. The Hall–Kier alpha value is -1.79. The van der Waals surface area contributed by atoms with E-state index in [4.69, 9.17) is 0 Å². The minimum absolute atomic E-state index is 0. The Balaban J connectivity index is 0.00000261. The molecule has 1 unspecified atom stereocenters. The molecule has 0 radical (unpaired) electrons. The number of carbonyl (C=O) groups is 2. The summed E-state index contributed by atoms with van der Waals surface area (Å²) in [6.07, 6.45) is 5.36. The predicted molar refractivity (Wildman–Crippen MR) is 109 cm³/mol. The van der Waals surface area contributed by atoms with Crippen LogP contribution in [-0.4, -0.2) is 44.8 Å². The van der Waals surface area contributed by atoms with E-state index in [0.29, 0.717) is 18.9 Å². The Kier molecular flexibility index (Phi) is 8.38. The summed E-state index contributed by atoms with van der Waals surface area (Å²) in [6.45, 7) is 2.82. The van der Waals surface area contributed by atoms with Gasteiger partial charge in [0.05, 0.1) is 13.2 Å². The Morgan fingerprint density at radius 2 is 1.89 bits per heavy atom. The van der Waals surface area contributed by atoms with Crippen LogP contribution in [0.2, 0.25) is 0 Å². The fourth-order valence-electron chi connectivity index (χ4n) is 3.92. The number of carbonyl (C=O) groups excluding carboxylic acids is 2. The van der Waals surface area contributed by atoms with Crippen molar-refractivity contribution < 1.29 is 14.3 Å². The third-order valence-corrected chi connectivity index (χ3v) is 5.45. The lowest BCUT2D eigenvalue weighted by molar-refractivity contribution is -0.140. The second-order valence-electron chi connectivity index (χ2n) is 7.15. The minimum Gasteiger partial charge on any atom is -0.469 e. The van der Waals surface area contributed by atoms with Gasteiger partial charge < -0.3 is 15.4 Å². The van der Waals surface area contributed by atoms with Gasteiger partial charge in [-0.1, -0.05) is 18.6 Å². The zero-order valence-corrected chi connectivity index (χ0v) is 16.7. The van der Waals surface area contributed by atoms with Crippen molar-refractivity contribution in [1.82, 2.24) is 10.6 Å². The third-order valence-electron chi connectivity index (χ3n) is 5.45. The van der Waals surface area contributed by atoms with Gasteiger partial charge in [-0.15, -0.1) is 12.4 Å². The number of methoxy groups -OCH3 is 1.